The number of unbranched alkanes of at least 4 members (excludes halogenated alkanes) is 2. The second kappa shape index (κ2) is 12.7. The van der Waals surface area contributed by atoms with Crippen molar-refractivity contribution >= 4 is 0 Å². The molecular weight excluding hydrogens is 500 g/mol. The molecule has 1 aromatic rings. The van der Waals surface area contributed by atoms with Crippen LogP contribution >= 0.6 is 0 Å². The van der Waals surface area contributed by atoms with Crippen molar-refractivity contribution in [3.63, 3.8) is 0 Å². The van der Waals surface area contributed by atoms with Gasteiger partial charge in [0.05, 0.1) is 13.2 Å². The smallest absolute Gasteiger partial charge is 0.229 e. The summed E-state index contributed by atoms with van der Waals surface area (Å²) in [5, 5.41) is 101. The largest absolute Gasteiger partial charge is 0.504 e. The van der Waals surface area contributed by atoms with Crippen LogP contribution in [0.25, 0.3) is 0 Å². The standard InChI is InChI=1S/C23H36O14/c1-2-3-4-5-9-20(36-22-18(32)16(30)14(28)12(7-24)34-22)10(26)6-11(27)21(9)37-23-19(33)17(31)15(29)13(8-25)35-23/h6,12-19,22-33H,2-5,7-8H2,1H3/t12-,13-,14-,15-,16-,17-,18-,19-,22+,23+/m1/s1. The van der Waals surface area contributed by atoms with Crippen molar-refractivity contribution in [1.82, 2.24) is 0 Å². The molecule has 0 aliphatic carbocycles. The molecule has 0 amide bonds. The van der Waals surface area contributed by atoms with Gasteiger partial charge < -0.3 is 70.0 Å². The lowest BCUT2D eigenvalue weighted by atomic mass is 9.98. The lowest BCUT2D eigenvalue weighted by Crippen LogP contribution is -2.60. The Kier molecular flexibility index (Phi) is 10.2. The average molecular weight is 537 g/mol. The van der Waals surface area contributed by atoms with Crippen LogP contribution in [0, 0.1) is 0 Å². The highest BCUT2D eigenvalue weighted by molar-refractivity contribution is 5.60. The van der Waals surface area contributed by atoms with E-state index < -0.39 is 86.1 Å². The Labute approximate surface area is 212 Å². The maximum absolute atomic E-state index is 10.6. The molecule has 0 radical (unpaired) electrons. The number of aromatic hydroxyl groups is 2. The molecule has 1 aromatic carbocycles. The number of phenolic OH excluding ortho intramolecular Hbond substituents is 2. The highest BCUT2D eigenvalue weighted by atomic mass is 16.7. The molecule has 2 aliphatic rings. The zero-order chi connectivity index (χ0) is 27.4. The SMILES string of the molecule is CCCCCc1c(O[C@@H]2O[C@H](CO)[C@@H](O)[C@@H](O)[C@H]2O)c(O)cc(O)c1O[C@@H]1O[C@H](CO)[C@@H](O)[C@@H](O)[C@H]1O. The number of aliphatic hydroxyl groups is 8. The van der Waals surface area contributed by atoms with Gasteiger partial charge in [0.1, 0.15) is 48.8 Å². The van der Waals surface area contributed by atoms with Crippen LogP contribution in [-0.4, -0.2) is 126 Å². The van der Waals surface area contributed by atoms with Gasteiger partial charge >= 0.3 is 0 Å². The van der Waals surface area contributed by atoms with Crippen LogP contribution in [0.4, 0.5) is 0 Å². The van der Waals surface area contributed by atoms with Crippen molar-refractivity contribution in [1.29, 1.82) is 0 Å². The molecule has 0 saturated carbocycles. The van der Waals surface area contributed by atoms with Gasteiger partial charge in [-0.05, 0) is 12.8 Å². The first-order valence-corrected chi connectivity index (χ1v) is 12.1. The van der Waals surface area contributed by atoms with Crippen molar-refractivity contribution in [2.24, 2.45) is 0 Å². The third-order valence-corrected chi connectivity index (χ3v) is 6.48. The van der Waals surface area contributed by atoms with Crippen LogP contribution < -0.4 is 9.47 Å². The molecule has 3 rings (SSSR count). The van der Waals surface area contributed by atoms with E-state index in [0.717, 1.165) is 18.9 Å². The number of hydrogen-bond acceptors (Lipinski definition) is 14. The monoisotopic (exact) mass is 536 g/mol. The summed E-state index contributed by atoms with van der Waals surface area (Å²) < 4.78 is 22.1. The summed E-state index contributed by atoms with van der Waals surface area (Å²) >= 11 is 0. The van der Waals surface area contributed by atoms with Gasteiger partial charge in [0.2, 0.25) is 12.6 Å². The number of phenols is 2. The summed E-state index contributed by atoms with van der Waals surface area (Å²) in [6, 6.07) is 0.849. The van der Waals surface area contributed by atoms with Crippen LogP contribution in [-0.2, 0) is 15.9 Å². The highest BCUT2D eigenvalue weighted by Crippen LogP contribution is 2.46. The molecule has 2 aliphatic heterocycles. The third-order valence-electron chi connectivity index (χ3n) is 6.48. The summed E-state index contributed by atoms with van der Waals surface area (Å²) in [5.74, 6) is -1.83. The molecule has 10 atom stereocenters. The fourth-order valence-electron chi connectivity index (χ4n) is 4.28. The summed E-state index contributed by atoms with van der Waals surface area (Å²) in [6.45, 7) is 0.527. The second-order valence-corrected chi connectivity index (χ2v) is 9.14. The quantitative estimate of drug-likeness (QED) is 0.136. The van der Waals surface area contributed by atoms with Gasteiger partial charge in [0.25, 0.3) is 0 Å². The molecular formula is C23H36O14. The molecule has 2 fully saturated rings. The van der Waals surface area contributed by atoms with Gasteiger partial charge in [0, 0.05) is 11.6 Å². The second-order valence-electron chi connectivity index (χ2n) is 9.14. The number of hydrogen-bond donors (Lipinski definition) is 10. The molecule has 14 nitrogen and oxygen atoms in total. The van der Waals surface area contributed by atoms with E-state index in [1.807, 2.05) is 6.92 Å². The predicted octanol–water partition coefficient (Wildman–Crippen LogP) is -2.81. The van der Waals surface area contributed by atoms with Crippen LogP contribution in [0.5, 0.6) is 23.0 Å². The molecule has 2 heterocycles. The first kappa shape index (κ1) is 29.6. The van der Waals surface area contributed by atoms with E-state index in [4.69, 9.17) is 18.9 Å². The zero-order valence-electron chi connectivity index (χ0n) is 20.2. The summed E-state index contributed by atoms with van der Waals surface area (Å²) in [4.78, 5) is 0. The number of rotatable bonds is 10. The Morgan fingerprint density at radius 3 is 1.49 bits per heavy atom. The van der Waals surface area contributed by atoms with Gasteiger partial charge in [-0.2, -0.15) is 0 Å². The van der Waals surface area contributed by atoms with Gasteiger partial charge in [-0.15, -0.1) is 0 Å². The molecule has 2 saturated heterocycles. The summed E-state index contributed by atoms with van der Waals surface area (Å²) in [7, 11) is 0. The first-order valence-electron chi connectivity index (χ1n) is 12.1. The van der Waals surface area contributed by atoms with E-state index >= 15 is 0 Å². The molecule has 212 valence electrons. The molecule has 0 spiro atoms. The van der Waals surface area contributed by atoms with Crippen molar-refractivity contribution < 1.29 is 70.0 Å². The van der Waals surface area contributed by atoms with Crippen molar-refractivity contribution in [2.45, 2.75) is 94.0 Å². The average Bonchev–Trinajstić information content (AvgIpc) is 2.88. The van der Waals surface area contributed by atoms with Crippen molar-refractivity contribution in [2.75, 3.05) is 13.2 Å². The Morgan fingerprint density at radius 2 is 1.11 bits per heavy atom. The Morgan fingerprint density at radius 1 is 0.676 bits per heavy atom. The lowest BCUT2D eigenvalue weighted by Gasteiger charge is -2.40. The predicted molar refractivity (Wildman–Crippen MR) is 122 cm³/mol. The molecule has 10 N–H and O–H groups in total. The Bertz CT molecular complexity index is 817. The number of ether oxygens (including phenoxy) is 4. The minimum absolute atomic E-state index is 0.0554. The number of aliphatic hydroxyl groups excluding tert-OH is 8. The van der Waals surface area contributed by atoms with Crippen LogP contribution in [0.2, 0.25) is 0 Å². The fourth-order valence-corrected chi connectivity index (χ4v) is 4.28. The minimum atomic E-state index is -1.79. The van der Waals surface area contributed by atoms with Crippen molar-refractivity contribution in [3.05, 3.63) is 11.6 Å². The molecule has 14 heteroatoms. The van der Waals surface area contributed by atoms with E-state index in [1.165, 1.54) is 0 Å². The van der Waals surface area contributed by atoms with E-state index in [0.29, 0.717) is 6.42 Å². The topological polar surface area (TPSA) is 239 Å². The minimum Gasteiger partial charge on any atom is -0.504 e. The van der Waals surface area contributed by atoms with Crippen LogP contribution in [0.3, 0.4) is 0 Å². The Hall–Kier alpha value is -1.98. The van der Waals surface area contributed by atoms with Crippen LogP contribution in [0.1, 0.15) is 31.7 Å². The van der Waals surface area contributed by atoms with Crippen LogP contribution in [0.15, 0.2) is 6.07 Å². The van der Waals surface area contributed by atoms with Gasteiger partial charge in [-0.3, -0.25) is 0 Å². The summed E-state index contributed by atoms with van der Waals surface area (Å²) in [5.41, 5.74) is 0.0554. The van der Waals surface area contributed by atoms with Gasteiger partial charge in [-0.1, -0.05) is 19.8 Å². The highest BCUT2D eigenvalue weighted by Gasteiger charge is 2.47. The van der Waals surface area contributed by atoms with E-state index in [-0.39, 0.29) is 23.5 Å². The third kappa shape index (κ3) is 6.20. The van der Waals surface area contributed by atoms with Gasteiger partial charge in [0.15, 0.2) is 23.0 Å². The molecule has 0 bridgehead atoms. The van der Waals surface area contributed by atoms with E-state index in [2.05, 4.69) is 0 Å². The van der Waals surface area contributed by atoms with Crippen molar-refractivity contribution in [3.8, 4) is 23.0 Å². The van der Waals surface area contributed by atoms with E-state index in [9.17, 15) is 51.1 Å². The first-order chi connectivity index (χ1) is 17.5. The van der Waals surface area contributed by atoms with Gasteiger partial charge in [-0.25, -0.2) is 0 Å². The number of benzene rings is 1. The van der Waals surface area contributed by atoms with E-state index in [1.54, 1.807) is 0 Å². The Balaban J connectivity index is 1.98. The maximum Gasteiger partial charge on any atom is 0.229 e. The molecule has 0 unspecified atom stereocenters. The zero-order valence-corrected chi connectivity index (χ0v) is 20.2. The maximum atomic E-state index is 10.6. The summed E-state index contributed by atoms with van der Waals surface area (Å²) in [6.07, 6.45) is -14.1. The normalized spacial score (nSPS) is 36.4. The lowest BCUT2D eigenvalue weighted by molar-refractivity contribution is -0.279. The fraction of sp³-hybridized carbons (Fsp3) is 0.739. The molecule has 37 heavy (non-hydrogen) atoms. The molecule has 0 aromatic heterocycles.